The zero-order chi connectivity index (χ0) is 21.1. The molecule has 0 bridgehead atoms. The highest BCUT2D eigenvalue weighted by Crippen LogP contribution is 2.23. The van der Waals surface area contributed by atoms with E-state index >= 15 is 0 Å². The van der Waals surface area contributed by atoms with E-state index in [0.717, 1.165) is 0 Å². The number of hydrogen-bond donors (Lipinski definition) is 2. The molecule has 4 rings (SSSR count). The molecule has 0 saturated heterocycles. The van der Waals surface area contributed by atoms with Crippen molar-refractivity contribution >= 4 is 0 Å². The summed E-state index contributed by atoms with van der Waals surface area (Å²) < 4.78 is 4.39. The van der Waals surface area contributed by atoms with Gasteiger partial charge in [0.25, 0.3) is 0 Å². The Morgan fingerprint density at radius 2 is 0.900 bits per heavy atom. The van der Waals surface area contributed by atoms with Gasteiger partial charge in [-0.3, -0.25) is 9.35 Å². The second-order valence-electron chi connectivity index (χ2n) is 7.96. The summed E-state index contributed by atoms with van der Waals surface area (Å²) in [5.74, 6) is 0. The Labute approximate surface area is 179 Å². The molecule has 154 valence electrons. The summed E-state index contributed by atoms with van der Waals surface area (Å²) in [5.41, 5.74) is 14.5. The van der Waals surface area contributed by atoms with Crippen LogP contribution < -0.4 is 10.9 Å². The van der Waals surface area contributed by atoms with Gasteiger partial charge in [0, 0.05) is 22.5 Å². The first-order valence-electron chi connectivity index (χ1n) is 10.5. The standard InChI is InChI=1S/C26H30N4/c1-19-15-17-25(23-11-7-5-8-12-23)29(19)27-21(3)22(4)28-30-20(2)16-18-26(30)24-13-9-6-10-14-24/h5-18,21-22,27-28H,1-4H3. The van der Waals surface area contributed by atoms with Crippen molar-refractivity contribution < 1.29 is 0 Å². The van der Waals surface area contributed by atoms with Crippen LogP contribution in [-0.2, 0) is 0 Å². The van der Waals surface area contributed by atoms with Crippen molar-refractivity contribution in [3.05, 3.63) is 96.3 Å². The normalized spacial score (nSPS) is 13.1. The maximum atomic E-state index is 3.69. The molecule has 2 N–H and O–H groups in total. The predicted octanol–water partition coefficient (Wildman–Crippen LogP) is 5.80. The van der Waals surface area contributed by atoms with E-state index in [1.807, 2.05) is 0 Å². The van der Waals surface area contributed by atoms with Gasteiger partial charge in [0.1, 0.15) is 0 Å². The van der Waals surface area contributed by atoms with Crippen molar-refractivity contribution in [1.82, 2.24) is 9.35 Å². The fourth-order valence-corrected chi connectivity index (χ4v) is 3.72. The molecular formula is C26H30N4. The van der Waals surface area contributed by atoms with Crippen molar-refractivity contribution in [1.29, 1.82) is 0 Å². The van der Waals surface area contributed by atoms with E-state index in [-0.39, 0.29) is 12.1 Å². The van der Waals surface area contributed by atoms with Crippen LogP contribution in [0.3, 0.4) is 0 Å². The zero-order valence-electron chi connectivity index (χ0n) is 18.1. The number of aromatic nitrogens is 2. The number of nitrogens with one attached hydrogen (secondary N) is 2. The average molecular weight is 399 g/mol. The monoisotopic (exact) mass is 398 g/mol. The fraction of sp³-hybridized carbons (Fsp3) is 0.231. The van der Waals surface area contributed by atoms with Crippen molar-refractivity contribution in [3.8, 4) is 22.5 Å². The van der Waals surface area contributed by atoms with Crippen LogP contribution in [0.1, 0.15) is 25.2 Å². The van der Waals surface area contributed by atoms with Gasteiger partial charge in [-0.2, -0.15) is 0 Å². The highest BCUT2D eigenvalue weighted by Gasteiger charge is 2.17. The lowest BCUT2D eigenvalue weighted by Crippen LogP contribution is -2.42. The van der Waals surface area contributed by atoms with Gasteiger partial charge in [-0.1, -0.05) is 60.7 Å². The lowest BCUT2D eigenvalue weighted by molar-refractivity contribution is 0.564. The minimum absolute atomic E-state index is 0.198. The molecule has 2 heterocycles. The number of rotatable bonds is 7. The van der Waals surface area contributed by atoms with Gasteiger partial charge in [0.15, 0.2) is 0 Å². The van der Waals surface area contributed by atoms with Gasteiger partial charge < -0.3 is 10.9 Å². The molecule has 4 heteroatoms. The van der Waals surface area contributed by atoms with Crippen LogP contribution in [0.15, 0.2) is 84.9 Å². The summed E-state index contributed by atoms with van der Waals surface area (Å²) in [6.07, 6.45) is 0. The van der Waals surface area contributed by atoms with E-state index in [1.165, 1.54) is 33.9 Å². The first kappa shape index (κ1) is 19.9. The average Bonchev–Trinajstić information content (AvgIpc) is 3.32. The minimum Gasteiger partial charge on any atom is -0.321 e. The summed E-state index contributed by atoms with van der Waals surface area (Å²) >= 11 is 0. The maximum Gasteiger partial charge on any atom is 0.0695 e. The molecule has 0 aliphatic heterocycles. The maximum absolute atomic E-state index is 3.69. The molecule has 2 unspecified atom stereocenters. The second kappa shape index (κ2) is 8.54. The minimum atomic E-state index is 0.198. The Morgan fingerprint density at radius 3 is 1.27 bits per heavy atom. The molecule has 0 spiro atoms. The highest BCUT2D eigenvalue weighted by atomic mass is 15.5. The van der Waals surface area contributed by atoms with E-state index in [1.54, 1.807) is 0 Å². The Morgan fingerprint density at radius 1 is 0.533 bits per heavy atom. The van der Waals surface area contributed by atoms with Crippen LogP contribution in [0.4, 0.5) is 0 Å². The molecular weight excluding hydrogens is 368 g/mol. The molecule has 0 saturated carbocycles. The van der Waals surface area contributed by atoms with Crippen LogP contribution in [0.25, 0.3) is 22.5 Å². The smallest absolute Gasteiger partial charge is 0.0695 e. The van der Waals surface area contributed by atoms with Gasteiger partial charge in [-0.15, -0.1) is 0 Å². The third-order valence-corrected chi connectivity index (χ3v) is 5.71. The molecule has 0 fully saturated rings. The molecule has 2 aromatic carbocycles. The quantitative estimate of drug-likeness (QED) is 0.412. The summed E-state index contributed by atoms with van der Waals surface area (Å²) in [7, 11) is 0. The van der Waals surface area contributed by atoms with Gasteiger partial charge >= 0.3 is 0 Å². The third-order valence-electron chi connectivity index (χ3n) is 5.71. The Hall–Kier alpha value is -3.40. The summed E-state index contributed by atoms with van der Waals surface area (Å²) in [6, 6.07) is 30.1. The van der Waals surface area contributed by atoms with Crippen molar-refractivity contribution in [2.24, 2.45) is 0 Å². The molecule has 0 amide bonds. The fourth-order valence-electron chi connectivity index (χ4n) is 3.72. The number of hydrogen-bond acceptors (Lipinski definition) is 2. The second-order valence-corrected chi connectivity index (χ2v) is 7.96. The van der Waals surface area contributed by atoms with Crippen LogP contribution in [0, 0.1) is 13.8 Å². The first-order valence-corrected chi connectivity index (χ1v) is 10.5. The SMILES string of the molecule is Cc1ccc(-c2ccccc2)n1NC(C)C(C)Nn1c(C)ccc1-c1ccccc1. The van der Waals surface area contributed by atoms with E-state index in [4.69, 9.17) is 0 Å². The molecule has 4 nitrogen and oxygen atoms in total. The van der Waals surface area contributed by atoms with E-state index in [9.17, 15) is 0 Å². The molecule has 2 aromatic heterocycles. The topological polar surface area (TPSA) is 33.9 Å². The molecule has 2 atom stereocenters. The lowest BCUT2D eigenvalue weighted by atomic mass is 10.1. The van der Waals surface area contributed by atoms with Crippen LogP contribution in [0.2, 0.25) is 0 Å². The predicted molar refractivity (Wildman–Crippen MR) is 127 cm³/mol. The third kappa shape index (κ3) is 3.99. The van der Waals surface area contributed by atoms with Crippen LogP contribution in [-0.4, -0.2) is 21.4 Å². The Kier molecular flexibility index (Phi) is 5.66. The molecule has 0 aliphatic rings. The lowest BCUT2D eigenvalue weighted by Gasteiger charge is -2.28. The number of benzene rings is 2. The van der Waals surface area contributed by atoms with Crippen molar-refractivity contribution in [2.75, 3.05) is 10.9 Å². The summed E-state index contributed by atoms with van der Waals surface area (Å²) in [5, 5.41) is 0. The molecule has 30 heavy (non-hydrogen) atoms. The van der Waals surface area contributed by atoms with Gasteiger partial charge in [0.2, 0.25) is 0 Å². The van der Waals surface area contributed by atoms with E-state index in [0.29, 0.717) is 0 Å². The Bertz CT molecular complexity index is 1000. The summed E-state index contributed by atoms with van der Waals surface area (Å²) in [4.78, 5) is 0. The number of aryl methyl sites for hydroxylation is 2. The highest BCUT2D eigenvalue weighted by molar-refractivity contribution is 5.62. The first-order chi connectivity index (χ1) is 14.5. The van der Waals surface area contributed by atoms with Crippen molar-refractivity contribution in [2.45, 2.75) is 39.8 Å². The van der Waals surface area contributed by atoms with Gasteiger partial charge in [-0.05, 0) is 52.0 Å². The van der Waals surface area contributed by atoms with Crippen LogP contribution >= 0.6 is 0 Å². The van der Waals surface area contributed by atoms with Gasteiger partial charge in [-0.25, -0.2) is 0 Å². The Balaban J connectivity index is 1.54. The number of nitrogens with zero attached hydrogens (tertiary/aromatic N) is 2. The summed E-state index contributed by atoms with van der Waals surface area (Å²) in [6.45, 7) is 8.70. The molecule has 0 aliphatic carbocycles. The van der Waals surface area contributed by atoms with E-state index in [2.05, 4.69) is 133 Å². The zero-order valence-corrected chi connectivity index (χ0v) is 18.1. The van der Waals surface area contributed by atoms with Crippen molar-refractivity contribution in [3.63, 3.8) is 0 Å². The van der Waals surface area contributed by atoms with Crippen LogP contribution in [0.5, 0.6) is 0 Å². The largest absolute Gasteiger partial charge is 0.321 e. The molecule has 4 aromatic rings. The van der Waals surface area contributed by atoms with E-state index < -0.39 is 0 Å². The van der Waals surface area contributed by atoms with Gasteiger partial charge in [0.05, 0.1) is 23.5 Å². The molecule has 0 radical (unpaired) electrons.